The lowest BCUT2D eigenvalue weighted by molar-refractivity contribution is 0.0909. The average molecular weight is 1720 g/mol. The van der Waals surface area contributed by atoms with Gasteiger partial charge >= 0.3 is 0 Å². The van der Waals surface area contributed by atoms with Gasteiger partial charge in [0.2, 0.25) is 0 Å². The van der Waals surface area contributed by atoms with Gasteiger partial charge in [0, 0.05) is 86.2 Å². The Hall–Kier alpha value is -18.1. The molecule has 0 radical (unpaired) electrons. The summed E-state index contributed by atoms with van der Waals surface area (Å²) >= 11 is 0. The summed E-state index contributed by atoms with van der Waals surface area (Å²) in [4.78, 5) is 76.3. The summed E-state index contributed by atoms with van der Waals surface area (Å²) < 4.78 is 18.4. The maximum Gasteiger partial charge on any atom is 0.268 e. The van der Waals surface area contributed by atoms with Gasteiger partial charge in [-0.25, -0.2) is 9.80 Å². The molecule has 0 unspecified atom stereocenters. The third kappa shape index (κ3) is 9.54. The summed E-state index contributed by atoms with van der Waals surface area (Å²) in [7, 11) is 0. The molecule has 0 N–H and O–H groups in total. The van der Waals surface area contributed by atoms with Crippen LogP contribution in [0.3, 0.4) is 0 Å². The number of para-hydroxylation sites is 16. The molecule has 134 heavy (non-hydrogen) atoms. The monoisotopic (exact) mass is 1720 g/mol. The smallest absolute Gasteiger partial charge is 0.268 e. The number of imide groups is 2. The molecule has 0 atom stereocenters. The van der Waals surface area contributed by atoms with E-state index >= 15 is 19.2 Å². The topological polar surface area (TPSA) is 114 Å². The number of hydrogen-bond acceptors (Lipinski definition) is 4. The SMILES string of the molecule is Cc1cc(N2C(=O)c3c(c(-n4c5ccccc5c5ccccc54)c(-n4c5ccccc5c5ccccc54)c(-n4c5ccccc5c5ccccc54)c3-n3c4ccccc4c4ccccc43)C2=O)c(C)cc1N1C(=O)c2c(c(-n3c4ccccc4c4ccccc43)c(-n3c4ccccc4c4ccccc43)c(-n3c4ccccc4c4ccccc43)c2-n2c3ccccc3c3ccccc32)C1=O. The Kier molecular flexibility index (Phi) is 15.0. The van der Waals surface area contributed by atoms with Gasteiger partial charge in [-0.2, -0.15) is 0 Å². The number of nitrogens with zero attached hydrogens (tertiary/aromatic N) is 10. The Morgan fingerprint density at radius 1 is 0.142 bits per heavy atom. The predicted molar refractivity (Wildman–Crippen MR) is 546 cm³/mol. The Labute approximate surface area is 763 Å². The van der Waals surface area contributed by atoms with Gasteiger partial charge < -0.3 is 36.5 Å². The highest BCUT2D eigenvalue weighted by Gasteiger charge is 2.51. The number of benzene rings is 19. The van der Waals surface area contributed by atoms with Gasteiger partial charge in [-0.1, -0.05) is 291 Å². The van der Waals surface area contributed by atoms with E-state index in [1.165, 1.54) is 9.80 Å². The first kappa shape index (κ1) is 73.9. The van der Waals surface area contributed by atoms with Crippen LogP contribution in [-0.4, -0.2) is 60.2 Å². The number of aryl methyl sites for hydroxylation is 2. The van der Waals surface area contributed by atoms with Gasteiger partial charge in [0.05, 0.1) is 167 Å². The Morgan fingerprint density at radius 3 is 0.366 bits per heavy atom. The van der Waals surface area contributed by atoms with Crippen molar-refractivity contribution < 1.29 is 19.2 Å². The predicted octanol–water partition coefficient (Wildman–Crippen LogP) is 28.7. The molecule has 8 aromatic heterocycles. The number of amides is 4. The van der Waals surface area contributed by atoms with Crippen LogP contribution in [0.2, 0.25) is 0 Å². The molecule has 2 aliphatic heterocycles. The van der Waals surface area contributed by atoms with Crippen LogP contribution in [0.15, 0.2) is 400 Å². The van der Waals surface area contributed by atoms with E-state index in [1.54, 1.807) is 0 Å². The van der Waals surface area contributed by atoms with Crippen molar-refractivity contribution in [1.82, 2.24) is 36.5 Å². The fourth-order valence-corrected chi connectivity index (χ4v) is 23.6. The van der Waals surface area contributed by atoms with E-state index in [4.69, 9.17) is 0 Å². The molecule has 0 saturated carbocycles. The summed E-state index contributed by atoms with van der Waals surface area (Å²) in [5.74, 6) is -2.29. The van der Waals surface area contributed by atoms with Crippen molar-refractivity contribution >= 4 is 209 Å². The number of aromatic nitrogens is 8. The Morgan fingerprint density at radius 2 is 0.246 bits per heavy atom. The van der Waals surface area contributed by atoms with Crippen LogP contribution in [0.4, 0.5) is 11.4 Å². The number of carbonyl (C=O) groups excluding carboxylic acids is 4. The van der Waals surface area contributed by atoms with E-state index in [2.05, 4.69) is 376 Å². The lowest BCUT2D eigenvalue weighted by Crippen LogP contribution is -2.32. The van der Waals surface area contributed by atoms with E-state index in [-0.39, 0.29) is 33.6 Å². The molecule has 0 aliphatic carbocycles. The van der Waals surface area contributed by atoms with Crippen molar-refractivity contribution in [3.8, 4) is 45.5 Å². The van der Waals surface area contributed by atoms with Crippen LogP contribution < -0.4 is 9.80 Å². The zero-order valence-electron chi connectivity index (χ0n) is 72.2. The fourth-order valence-electron chi connectivity index (χ4n) is 23.6. The quantitative estimate of drug-likeness (QED) is 0.127. The second kappa shape index (κ2) is 27.2. The standard InChI is InChI=1S/C120H72N10O4/c1-69-67-104(130-119(133)107-108(120(130)134)112(124-93-57-25-9-41-77(93)78-42-10-26-58-94(78)124)116(128-101-65-33-17-49-85(101)86-50-18-34-66-102(86)128)115(127-99-63-31-15-47-83(99)84-48-16-32-64-100(84)127)111(107)123-91-55-23-7-39-75(91)76-40-8-24-56-92(76)123)70(2)68-103(69)129-117(131)105-106(118(129)132)110(122-89-53-21-5-37-73(89)74-38-6-22-54-90(74)122)114(126-97-61-29-13-45-81(97)82-46-14-30-62-98(82)126)113(125-95-59-27-11-43-79(95)80-44-12-28-60-96(80)125)109(105)121-87-51-19-3-35-71(87)72-36-4-20-52-88(72)121/h3-68H,1-2H3. The molecule has 10 heterocycles. The van der Waals surface area contributed by atoms with Crippen LogP contribution >= 0.6 is 0 Å². The highest BCUT2D eigenvalue weighted by atomic mass is 16.2. The number of fused-ring (bicyclic) bond motifs is 26. The van der Waals surface area contributed by atoms with Crippen molar-refractivity contribution in [1.29, 1.82) is 0 Å². The van der Waals surface area contributed by atoms with Gasteiger partial charge in [0.25, 0.3) is 23.6 Å². The van der Waals surface area contributed by atoms with E-state index in [0.717, 1.165) is 174 Å². The van der Waals surface area contributed by atoms with E-state index in [0.29, 0.717) is 56.6 Å². The lowest BCUT2D eigenvalue weighted by atomic mass is 9.98. The van der Waals surface area contributed by atoms with Crippen LogP contribution in [0.1, 0.15) is 52.6 Å². The molecular formula is C120H72N10O4. The number of rotatable bonds is 10. The summed E-state index contributed by atoms with van der Waals surface area (Å²) in [6.45, 7) is 3.78. The van der Waals surface area contributed by atoms with E-state index in [9.17, 15) is 0 Å². The third-order valence-corrected chi connectivity index (χ3v) is 28.9. The minimum Gasteiger partial charge on any atom is -0.306 e. The molecule has 0 spiro atoms. The molecule has 0 bridgehead atoms. The largest absolute Gasteiger partial charge is 0.306 e. The van der Waals surface area contributed by atoms with Gasteiger partial charge in [0.15, 0.2) is 0 Å². The molecule has 4 amide bonds. The molecule has 14 heteroatoms. The Balaban J connectivity index is 0.750. The van der Waals surface area contributed by atoms with Crippen molar-refractivity contribution in [3.05, 3.63) is 434 Å². The number of hydrogen-bond donors (Lipinski definition) is 0. The first-order valence-electron chi connectivity index (χ1n) is 45.4. The average Bonchev–Trinajstić information content (AvgIpc) is 1.50. The number of anilines is 2. The van der Waals surface area contributed by atoms with Crippen LogP contribution in [0.5, 0.6) is 0 Å². The zero-order valence-corrected chi connectivity index (χ0v) is 72.2. The highest BCUT2D eigenvalue weighted by molar-refractivity contribution is 6.41. The molecule has 19 aromatic carbocycles. The first-order chi connectivity index (χ1) is 66.2. The van der Waals surface area contributed by atoms with E-state index < -0.39 is 23.6 Å². The molecular weight excluding hydrogens is 1650 g/mol. The third-order valence-electron chi connectivity index (χ3n) is 28.9. The summed E-state index contributed by atoms with van der Waals surface area (Å²) in [5, 5.41) is 15.6. The van der Waals surface area contributed by atoms with Crippen LogP contribution in [0.25, 0.3) is 220 Å². The van der Waals surface area contributed by atoms with Gasteiger partial charge in [-0.05, 0) is 134 Å². The van der Waals surface area contributed by atoms with Gasteiger partial charge in [0.1, 0.15) is 0 Å². The minimum atomic E-state index is -0.572. The summed E-state index contributed by atoms with van der Waals surface area (Å²) in [6, 6.07) is 139. The first-order valence-corrected chi connectivity index (χ1v) is 45.4. The lowest BCUT2D eigenvalue weighted by Gasteiger charge is -2.28. The van der Waals surface area contributed by atoms with Crippen molar-refractivity contribution in [2.24, 2.45) is 0 Å². The maximum absolute atomic E-state index is 18.4. The maximum atomic E-state index is 18.4. The summed E-state index contributed by atoms with van der Waals surface area (Å²) in [5.41, 5.74) is 20.3. The molecule has 0 saturated heterocycles. The minimum absolute atomic E-state index is 0.175. The second-order valence-electron chi connectivity index (χ2n) is 35.6. The summed E-state index contributed by atoms with van der Waals surface area (Å²) in [6.07, 6.45) is 0. The van der Waals surface area contributed by atoms with E-state index in [1.807, 2.05) is 74.5 Å². The molecule has 0 fully saturated rings. The Bertz CT molecular complexity index is 8550. The normalized spacial score (nSPS) is 13.2. The van der Waals surface area contributed by atoms with Crippen LogP contribution in [-0.2, 0) is 0 Å². The van der Waals surface area contributed by atoms with Crippen molar-refractivity contribution in [2.75, 3.05) is 9.80 Å². The number of carbonyl (C=O) groups is 4. The van der Waals surface area contributed by atoms with Crippen molar-refractivity contribution in [2.45, 2.75) is 13.8 Å². The highest BCUT2D eigenvalue weighted by Crippen LogP contribution is 2.57. The molecule has 626 valence electrons. The van der Waals surface area contributed by atoms with Crippen LogP contribution in [0, 0.1) is 13.8 Å². The molecule has 29 rings (SSSR count). The molecule has 2 aliphatic rings. The molecule has 27 aromatic rings. The van der Waals surface area contributed by atoms with Gasteiger partial charge in [-0.15, -0.1) is 0 Å². The fraction of sp³-hybridized carbons (Fsp3) is 0.0167. The zero-order chi connectivity index (χ0) is 88.5. The van der Waals surface area contributed by atoms with Gasteiger partial charge in [-0.3, -0.25) is 19.2 Å². The van der Waals surface area contributed by atoms with Crippen molar-refractivity contribution in [3.63, 3.8) is 0 Å². The second-order valence-corrected chi connectivity index (χ2v) is 35.6. The molecule has 14 nitrogen and oxygen atoms in total.